The van der Waals surface area contributed by atoms with E-state index in [1.807, 2.05) is 29.2 Å². The maximum Gasteiger partial charge on any atom is 0.224 e. The van der Waals surface area contributed by atoms with E-state index in [9.17, 15) is 9.59 Å². The molecule has 2 amide bonds. The SMILES string of the molecule is CC(=O)N(CCC(=O)N1CCc2ccccc2C1)Cc1cccnc1. The van der Waals surface area contributed by atoms with Gasteiger partial charge in [0.2, 0.25) is 11.8 Å². The van der Waals surface area contributed by atoms with Gasteiger partial charge in [-0.2, -0.15) is 0 Å². The number of carbonyl (C=O) groups is 2. The fraction of sp³-hybridized carbons (Fsp3) is 0.350. The first kappa shape index (κ1) is 17.1. The molecule has 3 rings (SSSR count). The predicted octanol–water partition coefficient (Wildman–Crippen LogP) is 2.41. The topological polar surface area (TPSA) is 53.5 Å². The molecule has 0 spiro atoms. The van der Waals surface area contributed by atoms with Gasteiger partial charge in [-0.25, -0.2) is 0 Å². The zero-order valence-corrected chi connectivity index (χ0v) is 14.5. The Morgan fingerprint density at radius 1 is 1.16 bits per heavy atom. The number of aromatic nitrogens is 1. The lowest BCUT2D eigenvalue weighted by atomic mass is 10.00. The zero-order chi connectivity index (χ0) is 17.6. The number of nitrogens with zero attached hydrogens (tertiary/aromatic N) is 3. The van der Waals surface area contributed by atoms with Gasteiger partial charge in [0.15, 0.2) is 0 Å². The lowest BCUT2D eigenvalue weighted by Gasteiger charge is -2.30. The number of benzene rings is 1. The van der Waals surface area contributed by atoms with Crippen molar-refractivity contribution in [1.29, 1.82) is 0 Å². The summed E-state index contributed by atoms with van der Waals surface area (Å²) in [5.74, 6) is 0.0765. The Labute approximate surface area is 148 Å². The average molecular weight is 337 g/mol. The average Bonchev–Trinajstić information content (AvgIpc) is 2.65. The largest absolute Gasteiger partial charge is 0.338 e. The van der Waals surface area contributed by atoms with E-state index in [4.69, 9.17) is 0 Å². The number of rotatable bonds is 5. The van der Waals surface area contributed by atoms with Crippen molar-refractivity contribution in [3.63, 3.8) is 0 Å². The monoisotopic (exact) mass is 337 g/mol. The van der Waals surface area contributed by atoms with Gasteiger partial charge in [-0.15, -0.1) is 0 Å². The second-order valence-electron chi connectivity index (χ2n) is 6.39. The third-order valence-electron chi connectivity index (χ3n) is 4.62. The van der Waals surface area contributed by atoms with Crippen LogP contribution in [0.25, 0.3) is 0 Å². The van der Waals surface area contributed by atoms with Gasteiger partial charge in [0, 0.05) is 51.9 Å². The molecule has 0 atom stereocenters. The van der Waals surface area contributed by atoms with E-state index < -0.39 is 0 Å². The Morgan fingerprint density at radius 3 is 2.68 bits per heavy atom. The summed E-state index contributed by atoms with van der Waals surface area (Å²) in [6, 6.07) is 12.1. The predicted molar refractivity (Wildman–Crippen MR) is 95.5 cm³/mol. The van der Waals surface area contributed by atoms with Crippen molar-refractivity contribution >= 4 is 11.8 Å². The first-order chi connectivity index (χ1) is 12.1. The van der Waals surface area contributed by atoms with Crippen molar-refractivity contribution < 1.29 is 9.59 Å². The summed E-state index contributed by atoms with van der Waals surface area (Å²) in [7, 11) is 0. The molecule has 1 aliphatic rings. The second-order valence-corrected chi connectivity index (χ2v) is 6.39. The number of hydrogen-bond donors (Lipinski definition) is 0. The lowest BCUT2D eigenvalue weighted by Crippen LogP contribution is -2.38. The van der Waals surface area contributed by atoms with E-state index >= 15 is 0 Å². The van der Waals surface area contributed by atoms with Crippen molar-refractivity contribution in [2.45, 2.75) is 32.9 Å². The summed E-state index contributed by atoms with van der Waals surface area (Å²) >= 11 is 0. The van der Waals surface area contributed by atoms with Gasteiger partial charge in [-0.3, -0.25) is 14.6 Å². The number of hydrogen-bond acceptors (Lipinski definition) is 3. The third-order valence-corrected chi connectivity index (χ3v) is 4.62. The van der Waals surface area contributed by atoms with Crippen LogP contribution in [-0.2, 0) is 29.1 Å². The van der Waals surface area contributed by atoms with Gasteiger partial charge in [0.1, 0.15) is 0 Å². The molecule has 2 aromatic rings. The minimum absolute atomic E-state index is 0.0272. The van der Waals surface area contributed by atoms with E-state index in [-0.39, 0.29) is 11.8 Å². The first-order valence-corrected chi connectivity index (χ1v) is 8.62. The highest BCUT2D eigenvalue weighted by atomic mass is 16.2. The van der Waals surface area contributed by atoms with E-state index in [1.165, 1.54) is 18.1 Å². The summed E-state index contributed by atoms with van der Waals surface area (Å²) in [5, 5.41) is 0. The van der Waals surface area contributed by atoms with Crippen molar-refractivity contribution in [2.75, 3.05) is 13.1 Å². The van der Waals surface area contributed by atoms with Crippen LogP contribution >= 0.6 is 0 Å². The smallest absolute Gasteiger partial charge is 0.224 e. The maximum absolute atomic E-state index is 12.6. The molecular formula is C20H23N3O2. The van der Waals surface area contributed by atoms with Gasteiger partial charge >= 0.3 is 0 Å². The van der Waals surface area contributed by atoms with Crippen LogP contribution in [-0.4, -0.2) is 39.7 Å². The second kappa shape index (κ2) is 7.92. The van der Waals surface area contributed by atoms with Crippen LogP contribution in [0.4, 0.5) is 0 Å². The van der Waals surface area contributed by atoms with Crippen LogP contribution in [0, 0.1) is 0 Å². The van der Waals surface area contributed by atoms with Crippen LogP contribution in [0.5, 0.6) is 0 Å². The number of pyridine rings is 1. The molecule has 0 unspecified atom stereocenters. The molecule has 130 valence electrons. The molecule has 0 saturated heterocycles. The quantitative estimate of drug-likeness (QED) is 0.842. The third kappa shape index (κ3) is 4.44. The number of carbonyl (C=O) groups excluding carboxylic acids is 2. The molecular weight excluding hydrogens is 314 g/mol. The molecule has 0 aliphatic carbocycles. The van der Waals surface area contributed by atoms with E-state index in [1.54, 1.807) is 17.3 Å². The molecule has 1 aliphatic heterocycles. The molecule has 2 heterocycles. The standard InChI is InChI=1S/C20H23N3O2/c1-16(24)22(14-17-5-4-10-21-13-17)12-9-20(25)23-11-8-18-6-2-3-7-19(18)15-23/h2-7,10,13H,8-9,11-12,14-15H2,1H3. The van der Waals surface area contributed by atoms with Crippen LogP contribution in [0.1, 0.15) is 30.0 Å². The minimum atomic E-state index is -0.0272. The summed E-state index contributed by atoms with van der Waals surface area (Å²) in [6.45, 7) is 3.87. The van der Waals surface area contributed by atoms with Gasteiger partial charge in [0.25, 0.3) is 0 Å². The molecule has 0 fully saturated rings. The van der Waals surface area contributed by atoms with Crippen molar-refractivity contribution in [3.8, 4) is 0 Å². The van der Waals surface area contributed by atoms with E-state index in [0.29, 0.717) is 26.1 Å². The normalized spacial score (nSPS) is 13.2. The highest BCUT2D eigenvalue weighted by Gasteiger charge is 2.21. The van der Waals surface area contributed by atoms with Crippen molar-refractivity contribution in [1.82, 2.24) is 14.8 Å². The summed E-state index contributed by atoms with van der Waals surface area (Å²) in [5.41, 5.74) is 3.52. The molecule has 5 nitrogen and oxygen atoms in total. The molecule has 0 N–H and O–H groups in total. The highest BCUT2D eigenvalue weighted by molar-refractivity contribution is 5.78. The summed E-state index contributed by atoms with van der Waals surface area (Å²) in [4.78, 5) is 32.1. The molecule has 0 saturated carbocycles. The van der Waals surface area contributed by atoms with E-state index in [2.05, 4.69) is 17.1 Å². The Hall–Kier alpha value is -2.69. The lowest BCUT2D eigenvalue weighted by molar-refractivity contribution is -0.134. The van der Waals surface area contributed by atoms with Gasteiger partial charge in [-0.05, 0) is 29.2 Å². The molecule has 5 heteroatoms. The zero-order valence-electron chi connectivity index (χ0n) is 14.5. The number of fused-ring (bicyclic) bond motifs is 1. The fourth-order valence-electron chi connectivity index (χ4n) is 3.16. The molecule has 1 aromatic heterocycles. The van der Waals surface area contributed by atoms with Crippen molar-refractivity contribution in [2.24, 2.45) is 0 Å². The molecule has 0 bridgehead atoms. The minimum Gasteiger partial charge on any atom is -0.338 e. The van der Waals surface area contributed by atoms with Gasteiger partial charge < -0.3 is 9.80 Å². The highest BCUT2D eigenvalue weighted by Crippen LogP contribution is 2.19. The fourth-order valence-corrected chi connectivity index (χ4v) is 3.16. The van der Waals surface area contributed by atoms with Crippen LogP contribution in [0.2, 0.25) is 0 Å². The van der Waals surface area contributed by atoms with Crippen molar-refractivity contribution in [3.05, 3.63) is 65.5 Å². The number of amides is 2. The Kier molecular flexibility index (Phi) is 5.43. The van der Waals surface area contributed by atoms with Crippen LogP contribution in [0.15, 0.2) is 48.8 Å². The van der Waals surface area contributed by atoms with E-state index in [0.717, 1.165) is 18.5 Å². The maximum atomic E-state index is 12.6. The first-order valence-electron chi connectivity index (χ1n) is 8.62. The Bertz CT molecular complexity index is 746. The van der Waals surface area contributed by atoms with Gasteiger partial charge in [0.05, 0.1) is 0 Å². The summed E-state index contributed by atoms with van der Waals surface area (Å²) < 4.78 is 0. The molecule has 0 radical (unpaired) electrons. The van der Waals surface area contributed by atoms with Crippen LogP contribution in [0.3, 0.4) is 0 Å². The van der Waals surface area contributed by atoms with Crippen LogP contribution < -0.4 is 0 Å². The Morgan fingerprint density at radius 2 is 1.96 bits per heavy atom. The molecule has 1 aromatic carbocycles. The molecule has 25 heavy (non-hydrogen) atoms. The van der Waals surface area contributed by atoms with Gasteiger partial charge in [-0.1, -0.05) is 30.3 Å². The summed E-state index contributed by atoms with van der Waals surface area (Å²) in [6.07, 6.45) is 4.70. The Balaban J connectivity index is 1.56.